The molecule has 0 bridgehead atoms. The van der Waals surface area contributed by atoms with Gasteiger partial charge in [0.1, 0.15) is 5.82 Å². The predicted molar refractivity (Wildman–Crippen MR) is 113 cm³/mol. The van der Waals surface area contributed by atoms with E-state index in [1.165, 1.54) is 18.2 Å². The first kappa shape index (κ1) is 21.3. The standard InChI is InChI=1S/C22H16F3NO2.C2H6/c1-13-11-20-21(28-22(24,25)27-20)12-18(13)15-7-9-16(10-8-15)26-14(2)17-5-3-4-6-19(17)23;1-2/h3-12,26H,2H2,1H3;1-2H3. The van der Waals surface area contributed by atoms with Crippen LogP contribution in [0.5, 0.6) is 11.5 Å². The van der Waals surface area contributed by atoms with Crippen LogP contribution in [0.4, 0.5) is 18.9 Å². The lowest BCUT2D eigenvalue weighted by Gasteiger charge is -2.12. The van der Waals surface area contributed by atoms with Gasteiger partial charge < -0.3 is 14.8 Å². The number of alkyl halides is 2. The Bertz CT molecular complexity index is 1060. The zero-order valence-corrected chi connectivity index (χ0v) is 16.9. The van der Waals surface area contributed by atoms with Crippen molar-refractivity contribution < 1.29 is 22.6 Å². The normalized spacial score (nSPS) is 13.3. The maximum Gasteiger partial charge on any atom is 0.586 e. The highest BCUT2D eigenvalue weighted by atomic mass is 19.3. The van der Waals surface area contributed by atoms with Crippen LogP contribution in [0.2, 0.25) is 0 Å². The van der Waals surface area contributed by atoms with Crippen molar-refractivity contribution in [1.29, 1.82) is 0 Å². The molecule has 0 aliphatic carbocycles. The van der Waals surface area contributed by atoms with Gasteiger partial charge in [-0.15, -0.1) is 8.78 Å². The molecule has 30 heavy (non-hydrogen) atoms. The molecule has 1 aliphatic heterocycles. The molecule has 0 saturated heterocycles. The zero-order chi connectivity index (χ0) is 21.9. The number of aryl methyl sites for hydroxylation is 1. The SMILES string of the molecule is C=C(Nc1ccc(-c2cc3c(cc2C)OC(F)(F)O3)cc1)c1ccccc1F.CC. The highest BCUT2D eigenvalue weighted by Gasteiger charge is 2.43. The second kappa shape index (κ2) is 8.53. The number of benzene rings is 3. The molecule has 0 saturated carbocycles. The third-order valence-electron chi connectivity index (χ3n) is 4.44. The van der Waals surface area contributed by atoms with Crippen LogP contribution in [0.1, 0.15) is 25.0 Å². The van der Waals surface area contributed by atoms with E-state index in [4.69, 9.17) is 0 Å². The Hall–Kier alpha value is -3.41. The quantitative estimate of drug-likeness (QED) is 0.489. The number of rotatable bonds is 4. The molecular formula is C24H22F3NO2. The van der Waals surface area contributed by atoms with Crippen LogP contribution in [0, 0.1) is 12.7 Å². The van der Waals surface area contributed by atoms with E-state index < -0.39 is 6.29 Å². The van der Waals surface area contributed by atoms with E-state index in [2.05, 4.69) is 21.4 Å². The molecule has 0 fully saturated rings. The van der Waals surface area contributed by atoms with Gasteiger partial charge in [-0.1, -0.05) is 44.7 Å². The highest BCUT2D eigenvalue weighted by Crippen LogP contribution is 2.44. The largest absolute Gasteiger partial charge is 0.586 e. The minimum Gasteiger partial charge on any atom is -0.395 e. The predicted octanol–water partition coefficient (Wildman–Crippen LogP) is 7.23. The maximum absolute atomic E-state index is 13.9. The van der Waals surface area contributed by atoms with Crippen molar-refractivity contribution in [1.82, 2.24) is 0 Å². The summed E-state index contributed by atoms with van der Waals surface area (Å²) < 4.78 is 49.4. The van der Waals surface area contributed by atoms with Crippen molar-refractivity contribution in [3.8, 4) is 22.6 Å². The summed E-state index contributed by atoms with van der Waals surface area (Å²) in [6, 6.07) is 16.7. The third-order valence-corrected chi connectivity index (χ3v) is 4.44. The summed E-state index contributed by atoms with van der Waals surface area (Å²) in [6.07, 6.45) is -3.64. The number of ether oxygens (including phenoxy) is 2. The fourth-order valence-corrected chi connectivity index (χ4v) is 3.09. The van der Waals surface area contributed by atoms with Crippen molar-refractivity contribution >= 4 is 11.4 Å². The Morgan fingerprint density at radius 1 is 0.933 bits per heavy atom. The first-order valence-electron chi connectivity index (χ1n) is 9.54. The Labute approximate surface area is 173 Å². The van der Waals surface area contributed by atoms with Gasteiger partial charge in [-0.05, 0) is 60.0 Å². The van der Waals surface area contributed by atoms with Crippen LogP contribution in [0.3, 0.4) is 0 Å². The summed E-state index contributed by atoms with van der Waals surface area (Å²) >= 11 is 0. The van der Waals surface area contributed by atoms with E-state index in [9.17, 15) is 13.2 Å². The lowest BCUT2D eigenvalue weighted by atomic mass is 9.99. The average Bonchev–Trinajstić information content (AvgIpc) is 3.02. The number of fused-ring (bicyclic) bond motifs is 1. The Balaban J connectivity index is 0.00000124. The molecule has 3 aromatic carbocycles. The molecule has 0 atom stereocenters. The molecule has 1 aliphatic rings. The molecule has 156 valence electrons. The minimum absolute atomic E-state index is 0.000678. The summed E-state index contributed by atoms with van der Waals surface area (Å²) in [5, 5.41) is 3.07. The average molecular weight is 413 g/mol. The summed E-state index contributed by atoms with van der Waals surface area (Å²) in [6.45, 7) is 9.68. The van der Waals surface area contributed by atoms with Gasteiger partial charge in [0, 0.05) is 16.9 Å². The fraction of sp³-hybridized carbons (Fsp3) is 0.167. The molecule has 0 radical (unpaired) electrons. The molecule has 3 aromatic rings. The van der Waals surface area contributed by atoms with Crippen molar-refractivity contribution in [3.05, 3.63) is 84.2 Å². The van der Waals surface area contributed by atoms with E-state index in [1.54, 1.807) is 30.3 Å². The third kappa shape index (κ3) is 4.43. The molecule has 1 heterocycles. The molecule has 4 rings (SSSR count). The second-order valence-corrected chi connectivity index (χ2v) is 6.44. The van der Waals surface area contributed by atoms with Gasteiger partial charge in [-0.2, -0.15) is 0 Å². The number of hydrogen-bond acceptors (Lipinski definition) is 3. The monoisotopic (exact) mass is 413 g/mol. The van der Waals surface area contributed by atoms with Gasteiger partial charge in [0.05, 0.1) is 0 Å². The van der Waals surface area contributed by atoms with Crippen LogP contribution in [-0.4, -0.2) is 6.29 Å². The van der Waals surface area contributed by atoms with Gasteiger partial charge in [0.2, 0.25) is 0 Å². The van der Waals surface area contributed by atoms with Crippen LogP contribution in [-0.2, 0) is 0 Å². The lowest BCUT2D eigenvalue weighted by Crippen LogP contribution is -2.25. The fourth-order valence-electron chi connectivity index (χ4n) is 3.09. The van der Waals surface area contributed by atoms with Crippen LogP contribution in [0.25, 0.3) is 16.8 Å². The van der Waals surface area contributed by atoms with Crippen molar-refractivity contribution in [2.45, 2.75) is 27.1 Å². The minimum atomic E-state index is -3.64. The molecule has 0 spiro atoms. The van der Waals surface area contributed by atoms with E-state index in [1.807, 2.05) is 32.9 Å². The summed E-state index contributed by atoms with van der Waals surface area (Å²) in [4.78, 5) is 0. The number of nitrogens with one attached hydrogen (secondary N) is 1. The van der Waals surface area contributed by atoms with E-state index in [0.29, 0.717) is 11.3 Å². The number of halogens is 3. The highest BCUT2D eigenvalue weighted by molar-refractivity contribution is 5.78. The van der Waals surface area contributed by atoms with E-state index in [-0.39, 0.29) is 17.3 Å². The molecule has 0 amide bonds. The smallest absolute Gasteiger partial charge is 0.395 e. The lowest BCUT2D eigenvalue weighted by molar-refractivity contribution is -0.286. The number of anilines is 1. The Morgan fingerprint density at radius 3 is 2.17 bits per heavy atom. The van der Waals surface area contributed by atoms with Gasteiger partial charge in [-0.25, -0.2) is 4.39 Å². The summed E-state index contributed by atoms with van der Waals surface area (Å²) in [5.41, 5.74) is 3.89. The molecule has 3 nitrogen and oxygen atoms in total. The number of hydrogen-bond donors (Lipinski definition) is 1. The Morgan fingerprint density at radius 2 is 1.53 bits per heavy atom. The van der Waals surface area contributed by atoms with Crippen LogP contribution in [0.15, 0.2) is 67.2 Å². The second-order valence-electron chi connectivity index (χ2n) is 6.44. The first-order chi connectivity index (χ1) is 14.3. The maximum atomic E-state index is 13.9. The van der Waals surface area contributed by atoms with Gasteiger partial charge in [0.15, 0.2) is 11.5 Å². The van der Waals surface area contributed by atoms with E-state index >= 15 is 0 Å². The van der Waals surface area contributed by atoms with Crippen molar-refractivity contribution in [3.63, 3.8) is 0 Å². The zero-order valence-electron chi connectivity index (χ0n) is 16.9. The van der Waals surface area contributed by atoms with Crippen LogP contribution < -0.4 is 14.8 Å². The topological polar surface area (TPSA) is 30.5 Å². The van der Waals surface area contributed by atoms with E-state index in [0.717, 1.165) is 22.4 Å². The molecule has 1 N–H and O–H groups in total. The summed E-state index contributed by atoms with van der Waals surface area (Å²) in [7, 11) is 0. The van der Waals surface area contributed by atoms with Gasteiger partial charge in [0.25, 0.3) is 0 Å². The Kier molecular flexibility index (Phi) is 6.06. The first-order valence-corrected chi connectivity index (χ1v) is 9.54. The molecule has 6 heteroatoms. The van der Waals surface area contributed by atoms with Crippen molar-refractivity contribution in [2.75, 3.05) is 5.32 Å². The van der Waals surface area contributed by atoms with Crippen LogP contribution >= 0.6 is 0 Å². The van der Waals surface area contributed by atoms with Gasteiger partial charge >= 0.3 is 6.29 Å². The molecular weight excluding hydrogens is 391 g/mol. The van der Waals surface area contributed by atoms with Gasteiger partial charge in [-0.3, -0.25) is 0 Å². The molecule has 0 unspecified atom stereocenters. The summed E-state index contributed by atoms with van der Waals surface area (Å²) in [5.74, 6) is -0.337. The van der Waals surface area contributed by atoms with Crippen molar-refractivity contribution in [2.24, 2.45) is 0 Å². The molecule has 0 aromatic heterocycles.